The molecule has 1 unspecified atom stereocenters. The Balaban J connectivity index is 3.69. The third kappa shape index (κ3) is 6.66. The molecule has 0 spiro atoms. The van der Waals surface area contributed by atoms with Gasteiger partial charge in [0.05, 0.1) is 6.61 Å². The lowest BCUT2D eigenvalue weighted by Crippen LogP contribution is -2.16. The Morgan fingerprint density at radius 2 is 2.08 bits per heavy atom. The number of alkyl halides is 1. The van der Waals surface area contributed by atoms with Gasteiger partial charge in [-0.25, -0.2) is 0 Å². The molecule has 0 bridgehead atoms. The third-order valence-corrected chi connectivity index (χ3v) is 1.38. The van der Waals surface area contributed by atoms with Crippen molar-refractivity contribution in [3.8, 4) is 11.8 Å². The lowest BCUT2D eigenvalue weighted by atomic mass is 10.4. The minimum atomic E-state index is -0.354. The number of ether oxygens (including phenoxy) is 2. The van der Waals surface area contributed by atoms with Gasteiger partial charge in [0.25, 0.3) is 0 Å². The van der Waals surface area contributed by atoms with E-state index in [1.165, 1.54) is 0 Å². The van der Waals surface area contributed by atoms with Gasteiger partial charge >= 0.3 is 0 Å². The Labute approximate surface area is 82.8 Å². The van der Waals surface area contributed by atoms with E-state index in [1.807, 2.05) is 13.8 Å². The Kier molecular flexibility index (Phi) is 9.02. The highest BCUT2D eigenvalue weighted by Gasteiger charge is 2.01. The van der Waals surface area contributed by atoms with E-state index in [-0.39, 0.29) is 6.29 Å². The second-order valence-corrected chi connectivity index (χ2v) is 2.81. The maximum absolute atomic E-state index is 5.29. The first kappa shape index (κ1) is 12.0. The van der Waals surface area contributed by atoms with Crippen molar-refractivity contribution in [1.82, 2.24) is 0 Å². The Hall–Kier alpha value is -0.0400. The van der Waals surface area contributed by atoms with Crippen LogP contribution in [0.15, 0.2) is 0 Å². The largest absolute Gasteiger partial charge is 0.342 e. The predicted octanol–water partition coefficient (Wildman–Crippen LogP) is 2.17. The molecule has 70 valence electrons. The molecule has 0 aliphatic carbocycles. The number of hydrogen-bond acceptors (Lipinski definition) is 2. The highest BCUT2D eigenvalue weighted by Crippen LogP contribution is 1.94. The lowest BCUT2D eigenvalue weighted by Gasteiger charge is -2.10. The number of rotatable bonds is 5. The van der Waals surface area contributed by atoms with Crippen molar-refractivity contribution in [3.05, 3.63) is 0 Å². The molecular weight excluding hydrogens is 220 g/mol. The van der Waals surface area contributed by atoms with Crippen LogP contribution in [0.2, 0.25) is 0 Å². The summed E-state index contributed by atoms with van der Waals surface area (Å²) in [4.78, 5) is 0. The van der Waals surface area contributed by atoms with E-state index in [2.05, 4.69) is 27.8 Å². The van der Waals surface area contributed by atoms with Gasteiger partial charge in [-0.1, -0.05) is 28.8 Å². The smallest absolute Gasteiger partial charge is 0.222 e. The van der Waals surface area contributed by atoms with Crippen LogP contribution in [0.1, 0.15) is 20.3 Å². The summed E-state index contributed by atoms with van der Waals surface area (Å²) in [5.41, 5.74) is 0. The molecule has 2 nitrogen and oxygen atoms in total. The van der Waals surface area contributed by atoms with E-state index in [0.717, 1.165) is 11.8 Å². The first-order valence-electron chi connectivity index (χ1n) is 4.12. The van der Waals surface area contributed by atoms with Gasteiger partial charge in [-0.05, 0) is 12.8 Å². The van der Waals surface area contributed by atoms with Crippen molar-refractivity contribution >= 4 is 15.9 Å². The molecule has 0 aromatic carbocycles. The monoisotopic (exact) mass is 234 g/mol. The first-order valence-corrected chi connectivity index (χ1v) is 5.24. The second-order valence-electron chi connectivity index (χ2n) is 2.02. The van der Waals surface area contributed by atoms with Crippen LogP contribution < -0.4 is 0 Å². The molecule has 0 aromatic rings. The molecule has 3 heteroatoms. The number of hydrogen-bond donors (Lipinski definition) is 0. The van der Waals surface area contributed by atoms with Crippen LogP contribution in [0.25, 0.3) is 0 Å². The molecule has 0 fully saturated rings. The van der Waals surface area contributed by atoms with E-state index >= 15 is 0 Å². The van der Waals surface area contributed by atoms with Crippen LogP contribution in [0.4, 0.5) is 0 Å². The Bertz CT molecular complexity index is 148. The molecule has 0 aliphatic heterocycles. The summed E-state index contributed by atoms with van der Waals surface area (Å²) in [5.74, 6) is 5.82. The third-order valence-electron chi connectivity index (χ3n) is 1.06. The maximum atomic E-state index is 5.29. The zero-order valence-electron chi connectivity index (χ0n) is 7.60. The molecule has 1 atom stereocenters. The summed E-state index contributed by atoms with van der Waals surface area (Å²) < 4.78 is 10.5. The summed E-state index contributed by atoms with van der Waals surface area (Å²) >= 11 is 3.27. The Morgan fingerprint density at radius 3 is 2.58 bits per heavy atom. The van der Waals surface area contributed by atoms with Gasteiger partial charge in [0, 0.05) is 18.4 Å². The summed E-state index contributed by atoms with van der Waals surface area (Å²) in [5, 5.41) is 0.810. The molecule has 0 aliphatic rings. The zero-order chi connectivity index (χ0) is 9.23. The van der Waals surface area contributed by atoms with Crippen LogP contribution >= 0.6 is 15.9 Å². The van der Waals surface area contributed by atoms with Gasteiger partial charge in [-0.15, -0.1) is 0 Å². The van der Waals surface area contributed by atoms with Crippen LogP contribution in [-0.4, -0.2) is 24.8 Å². The van der Waals surface area contributed by atoms with Gasteiger partial charge in [-0.2, -0.15) is 0 Å². The lowest BCUT2D eigenvalue weighted by molar-refractivity contribution is -0.0959. The highest BCUT2D eigenvalue weighted by atomic mass is 79.9. The SMILES string of the molecule is CCC#CC(OCC)OCCBr. The van der Waals surface area contributed by atoms with Gasteiger partial charge in [0.1, 0.15) is 0 Å². The summed E-state index contributed by atoms with van der Waals surface area (Å²) in [6.45, 7) is 5.19. The minimum absolute atomic E-state index is 0.354. The fourth-order valence-corrected chi connectivity index (χ4v) is 0.807. The van der Waals surface area contributed by atoms with Crippen molar-refractivity contribution < 1.29 is 9.47 Å². The predicted molar refractivity (Wildman–Crippen MR) is 53.2 cm³/mol. The quantitative estimate of drug-likeness (QED) is 0.413. The average molecular weight is 235 g/mol. The van der Waals surface area contributed by atoms with E-state index in [9.17, 15) is 0 Å². The normalized spacial score (nSPS) is 11.9. The highest BCUT2D eigenvalue weighted by molar-refractivity contribution is 9.09. The van der Waals surface area contributed by atoms with Crippen molar-refractivity contribution in [2.24, 2.45) is 0 Å². The standard InChI is InChI=1S/C9H15BrO2/c1-3-5-6-9(11-4-2)12-8-7-10/h9H,3-4,7-8H2,1-2H3. The van der Waals surface area contributed by atoms with E-state index in [4.69, 9.17) is 9.47 Å². The molecule has 0 radical (unpaired) electrons. The maximum Gasteiger partial charge on any atom is 0.222 e. The van der Waals surface area contributed by atoms with Gasteiger partial charge in [0.2, 0.25) is 6.29 Å². The van der Waals surface area contributed by atoms with E-state index in [0.29, 0.717) is 13.2 Å². The first-order chi connectivity index (χ1) is 5.85. The van der Waals surface area contributed by atoms with Crippen LogP contribution in [0.5, 0.6) is 0 Å². The molecular formula is C9H15BrO2. The molecule has 0 aromatic heterocycles. The number of halogens is 1. The molecule has 0 heterocycles. The van der Waals surface area contributed by atoms with Gasteiger partial charge < -0.3 is 9.47 Å². The van der Waals surface area contributed by atoms with Crippen molar-refractivity contribution in [1.29, 1.82) is 0 Å². The fourth-order valence-electron chi connectivity index (χ4n) is 0.620. The van der Waals surface area contributed by atoms with Crippen molar-refractivity contribution in [2.45, 2.75) is 26.6 Å². The minimum Gasteiger partial charge on any atom is -0.342 e. The second kappa shape index (κ2) is 9.05. The average Bonchev–Trinajstić information content (AvgIpc) is 2.10. The summed E-state index contributed by atoms with van der Waals surface area (Å²) in [6, 6.07) is 0. The Morgan fingerprint density at radius 1 is 1.33 bits per heavy atom. The summed E-state index contributed by atoms with van der Waals surface area (Å²) in [7, 11) is 0. The molecule has 0 rings (SSSR count). The fraction of sp³-hybridized carbons (Fsp3) is 0.778. The molecule has 0 saturated carbocycles. The van der Waals surface area contributed by atoms with Crippen LogP contribution in [-0.2, 0) is 9.47 Å². The van der Waals surface area contributed by atoms with Gasteiger partial charge in [-0.3, -0.25) is 0 Å². The van der Waals surface area contributed by atoms with E-state index < -0.39 is 0 Å². The van der Waals surface area contributed by atoms with Crippen LogP contribution in [0, 0.1) is 11.8 Å². The van der Waals surface area contributed by atoms with E-state index in [1.54, 1.807) is 0 Å². The molecule has 0 N–H and O–H groups in total. The zero-order valence-corrected chi connectivity index (χ0v) is 9.19. The van der Waals surface area contributed by atoms with Crippen molar-refractivity contribution in [2.75, 3.05) is 18.5 Å². The molecule has 12 heavy (non-hydrogen) atoms. The topological polar surface area (TPSA) is 18.5 Å². The molecule has 0 saturated heterocycles. The summed E-state index contributed by atoms with van der Waals surface area (Å²) in [6.07, 6.45) is 0.480. The van der Waals surface area contributed by atoms with Crippen LogP contribution in [0.3, 0.4) is 0 Å². The molecule has 0 amide bonds. The van der Waals surface area contributed by atoms with Gasteiger partial charge in [0.15, 0.2) is 0 Å². The van der Waals surface area contributed by atoms with Crippen molar-refractivity contribution in [3.63, 3.8) is 0 Å².